The topological polar surface area (TPSA) is 56.7 Å². The summed E-state index contributed by atoms with van der Waals surface area (Å²) in [5.41, 5.74) is 0. The number of thiophene rings is 1. The fourth-order valence-electron chi connectivity index (χ4n) is 2.08. The third-order valence-electron chi connectivity index (χ3n) is 3.19. The molecule has 128 valence electrons. The molecule has 1 unspecified atom stereocenters. The van der Waals surface area contributed by atoms with Crippen molar-refractivity contribution in [1.29, 1.82) is 0 Å². The molecule has 23 heavy (non-hydrogen) atoms. The number of guanidine groups is 1. The lowest BCUT2D eigenvalue weighted by Crippen LogP contribution is -2.39. The minimum atomic E-state index is -0.527. The van der Waals surface area contributed by atoms with Crippen molar-refractivity contribution in [2.24, 2.45) is 10.9 Å². The van der Waals surface area contributed by atoms with Crippen molar-refractivity contribution >= 4 is 51.4 Å². The summed E-state index contributed by atoms with van der Waals surface area (Å²) in [6, 6.07) is 10.3. The van der Waals surface area contributed by atoms with Gasteiger partial charge in [0.05, 0.1) is 0 Å². The van der Waals surface area contributed by atoms with Gasteiger partial charge in [-0.25, -0.2) is 0 Å². The molecule has 1 aromatic carbocycles. The standard InChI is InChI=1S/C17H25N3OS.HI/c1-4-18-17(19-10-12(2)3)20-11-14(21)16-9-13-7-5-6-8-15(13)22-16;/h5-9,12,14,21H,4,10-11H2,1-3H3,(H2,18,19,20);1H. The number of hydrogen-bond donors (Lipinski definition) is 3. The Labute approximate surface area is 159 Å². The molecule has 0 spiro atoms. The van der Waals surface area contributed by atoms with Crippen LogP contribution in [0.15, 0.2) is 35.3 Å². The van der Waals surface area contributed by atoms with Gasteiger partial charge in [-0.15, -0.1) is 35.3 Å². The number of halogens is 1. The zero-order valence-corrected chi connectivity index (χ0v) is 17.0. The van der Waals surface area contributed by atoms with E-state index in [1.165, 1.54) is 10.1 Å². The highest BCUT2D eigenvalue weighted by Gasteiger charge is 2.12. The summed E-state index contributed by atoms with van der Waals surface area (Å²) in [5.74, 6) is 1.28. The van der Waals surface area contributed by atoms with Gasteiger partial charge in [-0.05, 0) is 30.4 Å². The average molecular weight is 447 g/mol. The molecule has 0 bridgehead atoms. The Kier molecular flexibility index (Phi) is 8.86. The average Bonchev–Trinajstić information content (AvgIpc) is 2.93. The van der Waals surface area contributed by atoms with E-state index >= 15 is 0 Å². The largest absolute Gasteiger partial charge is 0.386 e. The molecular weight excluding hydrogens is 421 g/mol. The molecule has 0 aliphatic rings. The predicted octanol–water partition coefficient (Wildman–Crippen LogP) is 3.76. The number of nitrogens with zero attached hydrogens (tertiary/aromatic N) is 1. The van der Waals surface area contributed by atoms with Crippen LogP contribution in [-0.4, -0.2) is 30.7 Å². The lowest BCUT2D eigenvalue weighted by Gasteiger charge is -2.14. The maximum absolute atomic E-state index is 10.4. The molecule has 1 heterocycles. The molecule has 2 aromatic rings. The van der Waals surface area contributed by atoms with Crippen LogP contribution in [0.1, 0.15) is 31.8 Å². The Morgan fingerprint density at radius 1 is 1.26 bits per heavy atom. The van der Waals surface area contributed by atoms with Crippen LogP contribution in [0.25, 0.3) is 10.1 Å². The van der Waals surface area contributed by atoms with E-state index in [2.05, 4.69) is 47.7 Å². The van der Waals surface area contributed by atoms with Crippen LogP contribution < -0.4 is 10.6 Å². The Morgan fingerprint density at radius 3 is 2.65 bits per heavy atom. The summed E-state index contributed by atoms with van der Waals surface area (Å²) in [6.45, 7) is 8.35. The van der Waals surface area contributed by atoms with Crippen LogP contribution in [-0.2, 0) is 0 Å². The molecule has 1 atom stereocenters. The van der Waals surface area contributed by atoms with Gasteiger partial charge in [0.2, 0.25) is 0 Å². The molecule has 1 aromatic heterocycles. The summed E-state index contributed by atoms with van der Waals surface area (Å²) in [4.78, 5) is 5.49. The molecule has 0 radical (unpaired) electrons. The highest BCUT2D eigenvalue weighted by Crippen LogP contribution is 2.29. The van der Waals surface area contributed by atoms with E-state index in [4.69, 9.17) is 0 Å². The highest BCUT2D eigenvalue weighted by molar-refractivity contribution is 14.0. The van der Waals surface area contributed by atoms with Crippen LogP contribution in [0.4, 0.5) is 0 Å². The fourth-order valence-corrected chi connectivity index (χ4v) is 3.13. The number of nitrogens with one attached hydrogen (secondary N) is 2. The summed E-state index contributed by atoms with van der Waals surface area (Å²) >= 11 is 1.64. The van der Waals surface area contributed by atoms with Gasteiger partial charge in [-0.2, -0.15) is 0 Å². The summed E-state index contributed by atoms with van der Waals surface area (Å²) in [5, 5.41) is 18.0. The van der Waals surface area contributed by atoms with E-state index in [9.17, 15) is 5.11 Å². The van der Waals surface area contributed by atoms with Crippen molar-refractivity contribution in [3.8, 4) is 0 Å². The molecule has 0 fully saturated rings. The second-order valence-corrected chi connectivity index (χ2v) is 6.81. The maximum atomic E-state index is 10.4. The van der Waals surface area contributed by atoms with Gasteiger partial charge < -0.3 is 15.7 Å². The van der Waals surface area contributed by atoms with Gasteiger partial charge in [-0.1, -0.05) is 32.0 Å². The van der Waals surface area contributed by atoms with Crippen molar-refractivity contribution in [3.05, 3.63) is 35.2 Å². The number of aliphatic hydroxyl groups excluding tert-OH is 1. The third-order valence-corrected chi connectivity index (χ3v) is 4.41. The number of hydrogen-bond acceptors (Lipinski definition) is 3. The monoisotopic (exact) mass is 447 g/mol. The highest BCUT2D eigenvalue weighted by atomic mass is 127. The molecule has 0 aliphatic carbocycles. The zero-order chi connectivity index (χ0) is 15.9. The van der Waals surface area contributed by atoms with Gasteiger partial charge in [-0.3, -0.25) is 4.99 Å². The van der Waals surface area contributed by atoms with E-state index < -0.39 is 6.10 Å². The zero-order valence-electron chi connectivity index (χ0n) is 13.9. The van der Waals surface area contributed by atoms with E-state index in [0.717, 1.165) is 23.9 Å². The molecule has 0 aliphatic heterocycles. The van der Waals surface area contributed by atoms with Crippen molar-refractivity contribution in [3.63, 3.8) is 0 Å². The lowest BCUT2D eigenvalue weighted by atomic mass is 10.2. The lowest BCUT2D eigenvalue weighted by molar-refractivity contribution is 0.184. The first-order valence-electron chi connectivity index (χ1n) is 7.79. The number of benzene rings is 1. The molecule has 4 nitrogen and oxygen atoms in total. The van der Waals surface area contributed by atoms with E-state index in [1.54, 1.807) is 11.3 Å². The van der Waals surface area contributed by atoms with Crippen molar-refractivity contribution in [1.82, 2.24) is 10.6 Å². The molecule has 0 saturated heterocycles. The number of aliphatic hydroxyl groups is 1. The van der Waals surface area contributed by atoms with Gasteiger partial charge in [0.15, 0.2) is 5.96 Å². The second-order valence-electron chi connectivity index (χ2n) is 5.70. The SMILES string of the molecule is CCNC(=NCC(C)C)NCC(O)c1cc2ccccc2s1.I. The van der Waals surface area contributed by atoms with Crippen LogP contribution in [0.2, 0.25) is 0 Å². The Hall–Kier alpha value is -0.860. The molecule has 6 heteroatoms. The number of rotatable bonds is 6. The minimum Gasteiger partial charge on any atom is -0.386 e. The Morgan fingerprint density at radius 2 is 2.00 bits per heavy atom. The van der Waals surface area contributed by atoms with Crippen LogP contribution in [0, 0.1) is 5.92 Å². The summed E-state index contributed by atoms with van der Waals surface area (Å²) in [7, 11) is 0. The summed E-state index contributed by atoms with van der Waals surface area (Å²) in [6.07, 6.45) is -0.527. The first-order valence-corrected chi connectivity index (χ1v) is 8.60. The van der Waals surface area contributed by atoms with Gasteiger partial charge in [0.1, 0.15) is 6.10 Å². The van der Waals surface area contributed by atoms with Crippen molar-refractivity contribution < 1.29 is 5.11 Å². The van der Waals surface area contributed by atoms with Crippen LogP contribution >= 0.6 is 35.3 Å². The van der Waals surface area contributed by atoms with Gasteiger partial charge in [0, 0.05) is 29.2 Å². The third kappa shape index (κ3) is 6.27. The smallest absolute Gasteiger partial charge is 0.191 e. The Bertz CT molecular complexity index is 594. The number of fused-ring (bicyclic) bond motifs is 1. The van der Waals surface area contributed by atoms with Gasteiger partial charge in [0.25, 0.3) is 0 Å². The second kappa shape index (κ2) is 10.1. The molecule has 2 rings (SSSR count). The van der Waals surface area contributed by atoms with E-state index in [0.29, 0.717) is 12.5 Å². The first-order chi connectivity index (χ1) is 10.6. The quantitative estimate of drug-likeness (QED) is 0.359. The van der Waals surface area contributed by atoms with Crippen LogP contribution in [0.3, 0.4) is 0 Å². The molecule has 3 N–H and O–H groups in total. The molecule has 0 saturated carbocycles. The first kappa shape index (κ1) is 20.2. The Balaban J connectivity index is 0.00000264. The van der Waals surface area contributed by atoms with Crippen LogP contribution in [0.5, 0.6) is 0 Å². The van der Waals surface area contributed by atoms with Gasteiger partial charge >= 0.3 is 0 Å². The van der Waals surface area contributed by atoms with E-state index in [-0.39, 0.29) is 24.0 Å². The predicted molar refractivity (Wildman–Crippen MR) is 111 cm³/mol. The fraction of sp³-hybridized carbons (Fsp3) is 0.471. The summed E-state index contributed by atoms with van der Waals surface area (Å²) < 4.78 is 1.21. The molecular formula is C17H26IN3OS. The normalized spacial score (nSPS) is 13.0. The maximum Gasteiger partial charge on any atom is 0.191 e. The van der Waals surface area contributed by atoms with Crippen molar-refractivity contribution in [2.45, 2.75) is 26.9 Å². The molecule has 0 amide bonds. The van der Waals surface area contributed by atoms with E-state index in [1.807, 2.05) is 19.1 Å². The minimum absolute atomic E-state index is 0. The van der Waals surface area contributed by atoms with Crippen molar-refractivity contribution in [2.75, 3.05) is 19.6 Å². The number of aliphatic imine (C=N–C) groups is 1.